The van der Waals surface area contributed by atoms with Crippen molar-refractivity contribution in [3.05, 3.63) is 0 Å². The summed E-state index contributed by atoms with van der Waals surface area (Å²) in [7, 11) is 0. The minimum Gasteiger partial charge on any atom is -0.350 e. The van der Waals surface area contributed by atoms with Gasteiger partial charge in [-0.2, -0.15) is 0 Å². The Morgan fingerprint density at radius 2 is 1.90 bits per heavy atom. The minimum absolute atomic E-state index is 0.00166. The maximum absolute atomic E-state index is 12.6. The van der Waals surface area contributed by atoms with Gasteiger partial charge < -0.3 is 10.6 Å². The lowest BCUT2D eigenvalue weighted by Gasteiger charge is -2.35. The number of carbonyl (C=O) groups excluding carboxylic acids is 1. The number of hydrogen-bond acceptors (Lipinski definition) is 3. The summed E-state index contributed by atoms with van der Waals surface area (Å²) >= 11 is 0. The second-order valence-electron chi connectivity index (χ2n) is 7.52. The van der Waals surface area contributed by atoms with Crippen molar-refractivity contribution in [2.75, 3.05) is 19.6 Å². The lowest BCUT2D eigenvalue weighted by atomic mass is 9.96. The molecule has 0 aromatic rings. The molecule has 122 valence electrons. The molecule has 0 aromatic carbocycles. The molecule has 2 N–H and O–H groups in total. The van der Waals surface area contributed by atoms with Crippen molar-refractivity contribution < 1.29 is 4.79 Å². The Labute approximate surface area is 130 Å². The summed E-state index contributed by atoms with van der Waals surface area (Å²) in [5, 5.41) is 6.64. The zero-order chi connectivity index (χ0) is 15.5. The van der Waals surface area contributed by atoms with E-state index in [9.17, 15) is 4.79 Å². The molecule has 0 spiro atoms. The Morgan fingerprint density at radius 3 is 2.43 bits per heavy atom. The quantitative estimate of drug-likeness (QED) is 0.756. The standard InChI is InChI=1S/C17H33N3O/c1-5-17(3,4)19-16(21)13(2)20(15-6-7-15)12-14-8-10-18-11-9-14/h13-15,18H,5-12H2,1-4H3,(H,19,21). The number of rotatable bonds is 7. The molecule has 2 rings (SSSR count). The van der Waals surface area contributed by atoms with Crippen LogP contribution >= 0.6 is 0 Å². The summed E-state index contributed by atoms with van der Waals surface area (Å²) in [6, 6.07) is 0.642. The van der Waals surface area contributed by atoms with Gasteiger partial charge in [-0.3, -0.25) is 9.69 Å². The van der Waals surface area contributed by atoms with Crippen molar-refractivity contribution in [2.24, 2.45) is 5.92 Å². The number of carbonyl (C=O) groups is 1. The number of nitrogens with one attached hydrogen (secondary N) is 2. The highest BCUT2D eigenvalue weighted by atomic mass is 16.2. The average molecular weight is 295 g/mol. The van der Waals surface area contributed by atoms with Crippen molar-refractivity contribution in [1.29, 1.82) is 0 Å². The first kappa shape index (κ1) is 16.8. The SMILES string of the molecule is CCC(C)(C)NC(=O)C(C)N(CC1CCNCC1)C1CC1. The largest absolute Gasteiger partial charge is 0.350 e. The lowest BCUT2D eigenvalue weighted by Crippen LogP contribution is -2.53. The van der Waals surface area contributed by atoms with E-state index in [0.717, 1.165) is 32.0 Å². The van der Waals surface area contributed by atoms with Crippen molar-refractivity contribution in [2.45, 2.75) is 77.4 Å². The summed E-state index contributed by atoms with van der Waals surface area (Å²) in [5.41, 5.74) is -0.102. The van der Waals surface area contributed by atoms with Crippen molar-refractivity contribution in [1.82, 2.24) is 15.5 Å². The van der Waals surface area contributed by atoms with Crippen molar-refractivity contribution in [3.63, 3.8) is 0 Å². The molecule has 1 saturated carbocycles. The number of amides is 1. The molecular formula is C17H33N3O. The van der Waals surface area contributed by atoms with Gasteiger partial charge in [0.25, 0.3) is 0 Å². The summed E-state index contributed by atoms with van der Waals surface area (Å²) in [6.45, 7) is 11.8. The lowest BCUT2D eigenvalue weighted by molar-refractivity contribution is -0.128. The molecule has 1 aliphatic carbocycles. The van der Waals surface area contributed by atoms with Crippen LogP contribution in [0, 0.1) is 5.92 Å². The van der Waals surface area contributed by atoms with Gasteiger partial charge in [-0.25, -0.2) is 0 Å². The van der Waals surface area contributed by atoms with E-state index in [4.69, 9.17) is 0 Å². The second kappa shape index (κ2) is 7.10. The van der Waals surface area contributed by atoms with Crippen LogP contribution in [0.2, 0.25) is 0 Å². The van der Waals surface area contributed by atoms with Gasteiger partial charge in [0.1, 0.15) is 0 Å². The Morgan fingerprint density at radius 1 is 1.29 bits per heavy atom. The fraction of sp³-hybridized carbons (Fsp3) is 0.941. The smallest absolute Gasteiger partial charge is 0.237 e. The molecule has 1 amide bonds. The summed E-state index contributed by atoms with van der Waals surface area (Å²) in [6.07, 6.45) is 5.98. The molecule has 4 nitrogen and oxygen atoms in total. The highest BCUT2D eigenvalue weighted by Crippen LogP contribution is 2.31. The molecule has 0 bridgehead atoms. The molecule has 0 aromatic heterocycles. The summed E-state index contributed by atoms with van der Waals surface area (Å²) in [5.74, 6) is 0.948. The number of hydrogen-bond donors (Lipinski definition) is 2. The fourth-order valence-electron chi connectivity index (χ4n) is 3.07. The first-order valence-electron chi connectivity index (χ1n) is 8.71. The molecule has 2 fully saturated rings. The van der Waals surface area contributed by atoms with E-state index in [0.29, 0.717) is 6.04 Å². The molecule has 1 saturated heterocycles. The van der Waals surface area contributed by atoms with E-state index >= 15 is 0 Å². The Kier molecular flexibility index (Phi) is 5.67. The van der Waals surface area contributed by atoms with Gasteiger partial charge in [0.05, 0.1) is 6.04 Å². The number of nitrogens with zero attached hydrogens (tertiary/aromatic N) is 1. The molecule has 1 unspecified atom stereocenters. The maximum atomic E-state index is 12.6. The normalized spacial score (nSPS) is 22.3. The molecule has 2 aliphatic rings. The zero-order valence-electron chi connectivity index (χ0n) is 14.2. The van der Waals surface area contributed by atoms with Gasteiger partial charge in [0.15, 0.2) is 0 Å². The van der Waals surface area contributed by atoms with Gasteiger partial charge in [-0.05, 0) is 71.9 Å². The van der Waals surface area contributed by atoms with Crippen LogP contribution in [0.5, 0.6) is 0 Å². The third kappa shape index (κ3) is 4.96. The first-order chi connectivity index (χ1) is 9.93. The van der Waals surface area contributed by atoms with Gasteiger partial charge in [0.2, 0.25) is 5.91 Å². The van der Waals surface area contributed by atoms with Crippen LogP contribution in [0.3, 0.4) is 0 Å². The van der Waals surface area contributed by atoms with Gasteiger partial charge in [-0.1, -0.05) is 6.92 Å². The highest BCUT2D eigenvalue weighted by Gasteiger charge is 2.37. The molecular weight excluding hydrogens is 262 g/mol. The third-order valence-corrected chi connectivity index (χ3v) is 5.17. The Balaban J connectivity index is 1.92. The monoisotopic (exact) mass is 295 g/mol. The van der Waals surface area contributed by atoms with E-state index in [-0.39, 0.29) is 17.5 Å². The average Bonchev–Trinajstić information content (AvgIpc) is 3.29. The highest BCUT2D eigenvalue weighted by molar-refractivity contribution is 5.82. The van der Waals surface area contributed by atoms with Crippen LogP contribution in [-0.2, 0) is 4.79 Å². The van der Waals surface area contributed by atoms with Crippen molar-refractivity contribution >= 4 is 5.91 Å². The topological polar surface area (TPSA) is 44.4 Å². The third-order valence-electron chi connectivity index (χ3n) is 5.17. The summed E-state index contributed by atoms with van der Waals surface area (Å²) in [4.78, 5) is 15.0. The Bertz CT molecular complexity index is 346. The van der Waals surface area contributed by atoms with Crippen LogP contribution in [0.25, 0.3) is 0 Å². The predicted molar refractivity (Wildman–Crippen MR) is 87.3 cm³/mol. The van der Waals surface area contributed by atoms with Crippen LogP contribution in [-0.4, -0.2) is 48.1 Å². The van der Waals surface area contributed by atoms with Crippen molar-refractivity contribution in [3.8, 4) is 0 Å². The molecule has 4 heteroatoms. The zero-order valence-corrected chi connectivity index (χ0v) is 14.2. The van der Waals surface area contributed by atoms with Gasteiger partial charge in [-0.15, -0.1) is 0 Å². The molecule has 1 atom stereocenters. The minimum atomic E-state index is -0.102. The summed E-state index contributed by atoms with van der Waals surface area (Å²) < 4.78 is 0. The van der Waals surface area contributed by atoms with Gasteiger partial charge in [0, 0.05) is 18.1 Å². The van der Waals surface area contributed by atoms with E-state index in [2.05, 4.69) is 43.2 Å². The maximum Gasteiger partial charge on any atom is 0.237 e. The van der Waals surface area contributed by atoms with E-state index in [1.54, 1.807) is 0 Å². The van der Waals surface area contributed by atoms with Crippen LogP contribution in [0.15, 0.2) is 0 Å². The first-order valence-corrected chi connectivity index (χ1v) is 8.71. The van der Waals surface area contributed by atoms with E-state index in [1.165, 1.54) is 25.7 Å². The predicted octanol–water partition coefficient (Wildman–Crippen LogP) is 2.14. The van der Waals surface area contributed by atoms with Crippen LogP contribution < -0.4 is 10.6 Å². The van der Waals surface area contributed by atoms with Crippen LogP contribution in [0.4, 0.5) is 0 Å². The molecule has 21 heavy (non-hydrogen) atoms. The Hall–Kier alpha value is -0.610. The molecule has 1 heterocycles. The van der Waals surface area contributed by atoms with E-state index < -0.39 is 0 Å². The van der Waals surface area contributed by atoms with Gasteiger partial charge >= 0.3 is 0 Å². The second-order valence-corrected chi connectivity index (χ2v) is 7.52. The molecule has 1 aliphatic heterocycles. The fourth-order valence-corrected chi connectivity index (χ4v) is 3.07. The molecule has 0 radical (unpaired) electrons. The van der Waals surface area contributed by atoms with E-state index in [1.807, 2.05) is 0 Å². The number of piperidine rings is 1. The van der Waals surface area contributed by atoms with Crippen LogP contribution in [0.1, 0.15) is 59.8 Å².